The first kappa shape index (κ1) is 22.8. The molecule has 1 N–H and O–H groups in total. The maximum absolute atomic E-state index is 12.9. The van der Waals surface area contributed by atoms with Crippen molar-refractivity contribution in [2.24, 2.45) is 0 Å². The van der Waals surface area contributed by atoms with Crippen LogP contribution in [-0.4, -0.2) is 47.4 Å². The summed E-state index contributed by atoms with van der Waals surface area (Å²) >= 11 is 0. The molecule has 2 aliphatic heterocycles. The summed E-state index contributed by atoms with van der Waals surface area (Å²) in [5.74, 6) is -0.907. The number of quaternary nitrogens is 1. The van der Waals surface area contributed by atoms with Gasteiger partial charge in [-0.1, -0.05) is 84.9 Å². The average Bonchev–Trinajstić information content (AvgIpc) is 3.02. The normalized spacial score (nSPS) is 26.7. The Labute approximate surface area is 202 Å². The topological polar surface area (TPSA) is 46.5 Å². The van der Waals surface area contributed by atoms with Crippen molar-refractivity contribution in [3.05, 3.63) is 96.1 Å². The molecule has 3 atom stereocenters. The van der Waals surface area contributed by atoms with Crippen LogP contribution in [0.3, 0.4) is 0 Å². The number of nitrogens with zero attached hydrogens (tertiary/aromatic N) is 1. The Morgan fingerprint density at radius 2 is 1.44 bits per heavy atom. The minimum atomic E-state index is -0.607. The zero-order valence-electron chi connectivity index (χ0n) is 19.8. The number of hydrogen-bond acceptors (Lipinski definition) is 3. The van der Waals surface area contributed by atoms with Gasteiger partial charge in [0.25, 0.3) is 0 Å². The Bertz CT molecular complexity index is 1080. The van der Waals surface area contributed by atoms with E-state index in [0.29, 0.717) is 12.1 Å². The number of fused-ring (bicyclic) bond motifs is 2. The molecule has 2 heterocycles. The first-order valence-electron chi connectivity index (χ1n) is 12.4. The third-order valence-electron chi connectivity index (χ3n) is 8.11. The second kappa shape index (κ2) is 9.73. The summed E-state index contributed by atoms with van der Waals surface area (Å²) in [7, 11) is 2.38. The molecule has 2 bridgehead atoms. The van der Waals surface area contributed by atoms with Crippen molar-refractivity contribution in [2.75, 3.05) is 13.7 Å². The van der Waals surface area contributed by atoms with E-state index in [2.05, 4.69) is 55.6 Å². The second-order valence-electron chi connectivity index (χ2n) is 10.1. The van der Waals surface area contributed by atoms with Gasteiger partial charge in [-0.25, -0.2) is 0 Å². The number of ether oxygens (including phenoxy) is 1. The maximum atomic E-state index is 12.9. The number of carbonyl (C=O) groups is 1. The van der Waals surface area contributed by atoms with E-state index in [-0.39, 0.29) is 18.7 Å². The SMILES string of the molecule is C[N+]1(Cc2ccc(-c3ccccc3)cc2)C2CCC1CC(OC(=O)C(CO)c1ccccc1)C2. The van der Waals surface area contributed by atoms with Gasteiger partial charge in [0.2, 0.25) is 0 Å². The van der Waals surface area contributed by atoms with Gasteiger partial charge >= 0.3 is 5.97 Å². The zero-order chi connectivity index (χ0) is 23.5. The molecule has 2 fully saturated rings. The fourth-order valence-corrected chi connectivity index (χ4v) is 6.12. The maximum Gasteiger partial charge on any atom is 0.316 e. The van der Waals surface area contributed by atoms with Crippen molar-refractivity contribution in [1.82, 2.24) is 0 Å². The average molecular weight is 457 g/mol. The highest BCUT2D eigenvalue weighted by Gasteiger charge is 2.52. The predicted octanol–water partition coefficient (Wildman–Crippen LogP) is 5.31. The summed E-state index contributed by atoms with van der Waals surface area (Å²) in [6.07, 6.45) is 4.09. The lowest BCUT2D eigenvalue weighted by Gasteiger charge is -2.47. The quantitative estimate of drug-likeness (QED) is 0.387. The zero-order valence-corrected chi connectivity index (χ0v) is 19.8. The number of rotatable bonds is 7. The van der Waals surface area contributed by atoms with Crippen LogP contribution in [-0.2, 0) is 16.1 Å². The smallest absolute Gasteiger partial charge is 0.316 e. The Hall–Kier alpha value is -2.95. The number of piperidine rings is 1. The van der Waals surface area contributed by atoms with Gasteiger partial charge in [0.05, 0.1) is 25.7 Å². The summed E-state index contributed by atoms with van der Waals surface area (Å²) in [4.78, 5) is 12.9. The van der Waals surface area contributed by atoms with E-state index in [1.807, 2.05) is 36.4 Å². The van der Waals surface area contributed by atoms with Gasteiger partial charge in [-0.2, -0.15) is 0 Å². The summed E-state index contributed by atoms with van der Waals surface area (Å²) in [5, 5.41) is 9.83. The van der Waals surface area contributed by atoms with Gasteiger partial charge in [0.15, 0.2) is 0 Å². The molecule has 3 unspecified atom stereocenters. The lowest BCUT2D eigenvalue weighted by atomic mass is 9.94. The van der Waals surface area contributed by atoms with Crippen LogP contribution < -0.4 is 0 Å². The Balaban J connectivity index is 1.24. The summed E-state index contributed by atoms with van der Waals surface area (Å²) in [5.41, 5.74) is 4.67. The fourth-order valence-electron chi connectivity index (χ4n) is 6.12. The largest absolute Gasteiger partial charge is 0.461 e. The van der Waals surface area contributed by atoms with Crippen molar-refractivity contribution in [3.8, 4) is 11.1 Å². The van der Waals surface area contributed by atoms with Crippen LogP contribution in [0.2, 0.25) is 0 Å². The van der Waals surface area contributed by atoms with E-state index in [0.717, 1.165) is 29.4 Å². The molecule has 34 heavy (non-hydrogen) atoms. The van der Waals surface area contributed by atoms with Crippen LogP contribution in [0.5, 0.6) is 0 Å². The molecule has 5 rings (SSSR count). The van der Waals surface area contributed by atoms with E-state index < -0.39 is 5.92 Å². The van der Waals surface area contributed by atoms with Gasteiger partial charge in [-0.3, -0.25) is 4.79 Å². The van der Waals surface area contributed by atoms with Crippen LogP contribution in [0.25, 0.3) is 11.1 Å². The lowest BCUT2D eigenvalue weighted by Crippen LogP contribution is -2.58. The van der Waals surface area contributed by atoms with Crippen LogP contribution in [0, 0.1) is 0 Å². The van der Waals surface area contributed by atoms with Gasteiger partial charge in [0.1, 0.15) is 18.6 Å². The molecular weight excluding hydrogens is 422 g/mol. The highest BCUT2D eigenvalue weighted by Crippen LogP contribution is 2.44. The number of aliphatic hydroxyl groups is 1. The van der Waals surface area contributed by atoms with E-state index >= 15 is 0 Å². The fraction of sp³-hybridized carbons (Fsp3) is 0.367. The third-order valence-corrected chi connectivity index (χ3v) is 8.11. The number of aliphatic hydroxyl groups excluding tert-OH is 1. The summed E-state index contributed by atoms with van der Waals surface area (Å²) in [6, 6.07) is 29.9. The molecule has 3 aromatic carbocycles. The molecular formula is C30H34NO3+. The third kappa shape index (κ3) is 4.53. The first-order chi connectivity index (χ1) is 16.6. The van der Waals surface area contributed by atoms with Crippen LogP contribution in [0.1, 0.15) is 42.7 Å². The van der Waals surface area contributed by atoms with Crippen molar-refractivity contribution in [3.63, 3.8) is 0 Å². The van der Waals surface area contributed by atoms with E-state index in [4.69, 9.17) is 4.74 Å². The van der Waals surface area contributed by atoms with E-state index in [1.165, 1.54) is 29.5 Å². The second-order valence-corrected chi connectivity index (χ2v) is 10.1. The molecule has 4 heteroatoms. The predicted molar refractivity (Wildman–Crippen MR) is 134 cm³/mol. The van der Waals surface area contributed by atoms with Crippen molar-refractivity contribution in [2.45, 2.75) is 56.3 Å². The van der Waals surface area contributed by atoms with Crippen LogP contribution in [0.15, 0.2) is 84.9 Å². The van der Waals surface area contributed by atoms with Gasteiger partial charge < -0.3 is 14.3 Å². The molecule has 2 aliphatic rings. The molecule has 2 saturated heterocycles. The Kier molecular flexibility index (Phi) is 6.53. The van der Waals surface area contributed by atoms with Crippen LogP contribution >= 0.6 is 0 Å². The minimum absolute atomic E-state index is 0.0607. The molecule has 4 nitrogen and oxygen atoms in total. The molecule has 0 radical (unpaired) electrons. The molecule has 0 saturated carbocycles. The van der Waals surface area contributed by atoms with Gasteiger partial charge in [-0.15, -0.1) is 0 Å². The molecule has 3 aromatic rings. The molecule has 0 aromatic heterocycles. The standard InChI is InChI=1S/C30H34NO3/c1-31(20-22-12-14-24(15-13-22)23-8-4-2-5-9-23)26-16-17-27(31)19-28(18-26)34-30(33)29(21-32)25-10-6-3-7-11-25/h2-15,26-29,32H,16-21H2,1H3/q+1. The summed E-state index contributed by atoms with van der Waals surface area (Å²) < 4.78 is 7.01. The molecule has 176 valence electrons. The highest BCUT2D eigenvalue weighted by molar-refractivity contribution is 5.78. The number of hydrogen-bond donors (Lipinski definition) is 1. The van der Waals surface area contributed by atoms with Gasteiger partial charge in [-0.05, 0) is 16.7 Å². The number of esters is 1. The number of benzene rings is 3. The molecule has 0 amide bonds. The minimum Gasteiger partial charge on any atom is -0.461 e. The summed E-state index contributed by atoms with van der Waals surface area (Å²) in [6.45, 7) is 0.781. The van der Waals surface area contributed by atoms with Gasteiger partial charge in [0, 0.05) is 31.2 Å². The van der Waals surface area contributed by atoms with Crippen molar-refractivity contribution >= 4 is 5.97 Å². The Morgan fingerprint density at radius 3 is 2.03 bits per heavy atom. The van der Waals surface area contributed by atoms with Crippen molar-refractivity contribution < 1.29 is 19.1 Å². The Morgan fingerprint density at radius 1 is 0.882 bits per heavy atom. The van der Waals surface area contributed by atoms with E-state index in [9.17, 15) is 9.90 Å². The van der Waals surface area contributed by atoms with Crippen molar-refractivity contribution in [1.29, 1.82) is 0 Å². The highest BCUT2D eigenvalue weighted by atomic mass is 16.5. The van der Waals surface area contributed by atoms with E-state index in [1.54, 1.807) is 0 Å². The monoisotopic (exact) mass is 456 g/mol. The molecule has 0 spiro atoms. The number of carbonyl (C=O) groups excluding carboxylic acids is 1. The first-order valence-corrected chi connectivity index (χ1v) is 12.4. The molecule has 0 aliphatic carbocycles. The van der Waals surface area contributed by atoms with Crippen LogP contribution in [0.4, 0.5) is 0 Å². The lowest BCUT2D eigenvalue weighted by molar-refractivity contribution is -0.961.